The molecule has 6 nitrogen and oxygen atoms in total. The molecule has 1 aromatic heterocycles. The van der Waals surface area contributed by atoms with Crippen LogP contribution in [-0.4, -0.2) is 48.5 Å². The Bertz CT molecular complexity index is 998. The van der Waals surface area contributed by atoms with Crippen molar-refractivity contribution in [2.75, 3.05) is 32.1 Å². The molecule has 0 bridgehead atoms. The summed E-state index contributed by atoms with van der Waals surface area (Å²) in [5, 5.41) is 4.81. The quantitative estimate of drug-likeness (QED) is 0.403. The number of para-hydroxylation sites is 1. The Kier molecular flexibility index (Phi) is 9.41. The molecule has 0 unspecified atom stereocenters. The molecule has 8 heteroatoms. The van der Waals surface area contributed by atoms with E-state index in [4.69, 9.17) is 4.74 Å². The minimum absolute atomic E-state index is 0.0745. The van der Waals surface area contributed by atoms with Gasteiger partial charge in [-0.05, 0) is 47.7 Å². The maximum Gasteiger partial charge on any atom is 0.322 e. The van der Waals surface area contributed by atoms with E-state index in [9.17, 15) is 14.0 Å². The Hall–Kier alpha value is -3.23. The molecule has 1 N–H and O–H groups in total. The van der Waals surface area contributed by atoms with Crippen LogP contribution >= 0.6 is 11.3 Å². The normalized spacial score (nSPS) is 10.6. The van der Waals surface area contributed by atoms with Gasteiger partial charge in [0.05, 0.1) is 6.54 Å². The van der Waals surface area contributed by atoms with E-state index in [0.29, 0.717) is 38.3 Å². The van der Waals surface area contributed by atoms with E-state index < -0.39 is 0 Å². The number of ether oxygens (including phenoxy) is 1. The van der Waals surface area contributed by atoms with Crippen molar-refractivity contribution in [1.29, 1.82) is 0 Å². The fraction of sp³-hybridized carbons (Fsp3) is 0.280. The summed E-state index contributed by atoms with van der Waals surface area (Å²) in [4.78, 5) is 30.5. The maximum atomic E-state index is 13.3. The zero-order chi connectivity index (χ0) is 23.5. The molecule has 0 atom stereocenters. The number of nitrogens with one attached hydrogen (secondary N) is 1. The van der Waals surface area contributed by atoms with E-state index >= 15 is 0 Å². The van der Waals surface area contributed by atoms with Gasteiger partial charge in [0.15, 0.2) is 0 Å². The number of hydrogen-bond donors (Lipinski definition) is 1. The fourth-order valence-corrected chi connectivity index (χ4v) is 3.99. The summed E-state index contributed by atoms with van der Waals surface area (Å²) >= 11 is 1.56. The van der Waals surface area contributed by atoms with Gasteiger partial charge in [-0.2, -0.15) is 0 Å². The predicted molar refractivity (Wildman–Crippen MR) is 128 cm³/mol. The average molecular weight is 470 g/mol. The van der Waals surface area contributed by atoms with E-state index in [0.717, 1.165) is 10.4 Å². The lowest BCUT2D eigenvalue weighted by atomic mass is 10.2. The summed E-state index contributed by atoms with van der Waals surface area (Å²) in [5.74, 6) is -0.509. The number of nitrogens with zero attached hydrogens (tertiary/aromatic N) is 2. The topological polar surface area (TPSA) is 61.9 Å². The SMILES string of the molecule is COCCCN(CC(=O)N(Cc1ccc(F)cc1)Cc1cccs1)C(=O)Nc1ccccc1. The predicted octanol–water partition coefficient (Wildman–Crippen LogP) is 4.99. The third-order valence-electron chi connectivity index (χ3n) is 4.98. The smallest absolute Gasteiger partial charge is 0.322 e. The highest BCUT2D eigenvalue weighted by atomic mass is 32.1. The largest absolute Gasteiger partial charge is 0.385 e. The molecule has 0 fully saturated rings. The second-order valence-corrected chi connectivity index (χ2v) is 8.55. The van der Waals surface area contributed by atoms with Crippen LogP contribution in [-0.2, 0) is 22.6 Å². The summed E-state index contributed by atoms with van der Waals surface area (Å²) in [6.45, 7) is 1.53. The third kappa shape index (κ3) is 8.00. The molecule has 3 rings (SSSR count). The van der Waals surface area contributed by atoms with Crippen LogP contribution in [0.4, 0.5) is 14.9 Å². The van der Waals surface area contributed by atoms with Crippen LogP contribution in [0, 0.1) is 5.82 Å². The molecule has 0 radical (unpaired) electrons. The molecule has 2 aromatic carbocycles. The number of rotatable bonds is 11. The lowest BCUT2D eigenvalue weighted by Crippen LogP contribution is -2.44. The van der Waals surface area contributed by atoms with Gasteiger partial charge in [0.2, 0.25) is 5.91 Å². The molecule has 0 aliphatic rings. The third-order valence-corrected chi connectivity index (χ3v) is 5.84. The molecule has 1 heterocycles. The van der Waals surface area contributed by atoms with Crippen molar-refractivity contribution < 1.29 is 18.7 Å². The molecule has 0 spiro atoms. The molecule has 0 aliphatic carbocycles. The highest BCUT2D eigenvalue weighted by Gasteiger charge is 2.22. The molecular formula is C25H28FN3O3S. The highest BCUT2D eigenvalue weighted by Crippen LogP contribution is 2.16. The van der Waals surface area contributed by atoms with Crippen LogP contribution in [0.2, 0.25) is 0 Å². The summed E-state index contributed by atoms with van der Waals surface area (Å²) in [6.07, 6.45) is 0.606. The minimum atomic E-state index is -0.344. The van der Waals surface area contributed by atoms with Gasteiger partial charge in [0, 0.05) is 37.4 Å². The summed E-state index contributed by atoms with van der Waals surface area (Å²) in [7, 11) is 1.60. The first-order valence-corrected chi connectivity index (χ1v) is 11.6. The number of carbonyl (C=O) groups excluding carboxylic acids is 2. The Morgan fingerprint density at radius 1 is 0.970 bits per heavy atom. The number of anilines is 1. The van der Waals surface area contributed by atoms with Gasteiger partial charge >= 0.3 is 6.03 Å². The van der Waals surface area contributed by atoms with Crippen molar-refractivity contribution in [3.05, 3.63) is 88.4 Å². The lowest BCUT2D eigenvalue weighted by molar-refractivity contribution is -0.133. The molecule has 0 saturated carbocycles. The van der Waals surface area contributed by atoms with Crippen molar-refractivity contribution in [3.63, 3.8) is 0 Å². The highest BCUT2D eigenvalue weighted by molar-refractivity contribution is 7.09. The lowest BCUT2D eigenvalue weighted by Gasteiger charge is -2.28. The van der Waals surface area contributed by atoms with Crippen molar-refractivity contribution in [2.45, 2.75) is 19.5 Å². The Morgan fingerprint density at radius 3 is 2.39 bits per heavy atom. The molecule has 0 saturated heterocycles. The van der Waals surface area contributed by atoms with Gasteiger partial charge in [-0.1, -0.05) is 36.4 Å². The van der Waals surface area contributed by atoms with E-state index in [1.165, 1.54) is 17.0 Å². The second-order valence-electron chi connectivity index (χ2n) is 7.52. The van der Waals surface area contributed by atoms with Crippen molar-refractivity contribution in [2.24, 2.45) is 0 Å². The minimum Gasteiger partial charge on any atom is -0.385 e. The van der Waals surface area contributed by atoms with Crippen LogP contribution in [0.3, 0.4) is 0 Å². The molecule has 33 heavy (non-hydrogen) atoms. The number of halogens is 1. The van der Waals surface area contributed by atoms with Crippen LogP contribution < -0.4 is 5.32 Å². The van der Waals surface area contributed by atoms with Gasteiger partial charge in [0.25, 0.3) is 0 Å². The first kappa shape index (κ1) is 24.4. The maximum absolute atomic E-state index is 13.3. The van der Waals surface area contributed by atoms with Crippen molar-refractivity contribution in [3.8, 4) is 0 Å². The average Bonchev–Trinajstić information content (AvgIpc) is 3.33. The van der Waals surface area contributed by atoms with Gasteiger partial charge in [-0.25, -0.2) is 9.18 Å². The van der Waals surface area contributed by atoms with E-state index in [-0.39, 0.29) is 24.3 Å². The Labute approximate surface area is 197 Å². The van der Waals surface area contributed by atoms with Crippen LogP contribution in [0.25, 0.3) is 0 Å². The van der Waals surface area contributed by atoms with Gasteiger partial charge in [-0.15, -0.1) is 11.3 Å². The fourth-order valence-electron chi connectivity index (χ4n) is 3.27. The number of carbonyl (C=O) groups is 2. The zero-order valence-corrected chi connectivity index (χ0v) is 19.4. The molecular weight excluding hydrogens is 441 g/mol. The monoisotopic (exact) mass is 469 g/mol. The van der Waals surface area contributed by atoms with Crippen molar-refractivity contribution in [1.82, 2.24) is 9.80 Å². The van der Waals surface area contributed by atoms with Gasteiger partial charge in [-0.3, -0.25) is 4.79 Å². The second kappa shape index (κ2) is 12.7. The summed E-state index contributed by atoms with van der Waals surface area (Å²) < 4.78 is 18.5. The number of amides is 3. The zero-order valence-electron chi connectivity index (χ0n) is 18.6. The number of urea groups is 1. The van der Waals surface area contributed by atoms with E-state index in [1.54, 1.807) is 47.6 Å². The van der Waals surface area contributed by atoms with Gasteiger partial charge in [0.1, 0.15) is 12.4 Å². The molecule has 174 valence electrons. The molecule has 3 aromatic rings. The Morgan fingerprint density at radius 2 is 1.73 bits per heavy atom. The number of hydrogen-bond acceptors (Lipinski definition) is 4. The van der Waals surface area contributed by atoms with Crippen LogP contribution in [0.5, 0.6) is 0 Å². The summed E-state index contributed by atoms with van der Waals surface area (Å²) in [6, 6.07) is 18.8. The van der Waals surface area contributed by atoms with E-state index in [2.05, 4.69) is 5.32 Å². The number of thiophene rings is 1. The molecule has 3 amide bonds. The van der Waals surface area contributed by atoms with Gasteiger partial charge < -0.3 is 19.9 Å². The van der Waals surface area contributed by atoms with E-state index in [1.807, 2.05) is 35.7 Å². The first-order valence-electron chi connectivity index (χ1n) is 10.7. The van der Waals surface area contributed by atoms with Crippen molar-refractivity contribution >= 4 is 29.0 Å². The standard InChI is InChI=1S/C25H28FN3O3S/c1-32-15-6-14-28(25(31)27-22-7-3-2-4-8-22)19-24(30)29(18-23-9-5-16-33-23)17-20-10-12-21(26)13-11-20/h2-5,7-13,16H,6,14-15,17-19H2,1H3,(H,27,31). The number of benzene rings is 2. The first-order chi connectivity index (χ1) is 16.0. The van der Waals surface area contributed by atoms with Crippen LogP contribution in [0.15, 0.2) is 72.1 Å². The van der Waals surface area contributed by atoms with Crippen LogP contribution in [0.1, 0.15) is 16.9 Å². The summed E-state index contributed by atoms with van der Waals surface area (Å²) in [5.41, 5.74) is 1.48. The Balaban J connectivity index is 1.73. The number of methoxy groups -OCH3 is 1. The molecule has 0 aliphatic heterocycles.